The topological polar surface area (TPSA) is 79.6 Å². The first kappa shape index (κ1) is 23.4. The molecular formula is C28H34N4O3. The van der Waals surface area contributed by atoms with Gasteiger partial charge in [0.25, 0.3) is 0 Å². The molecule has 3 aromatic rings. The van der Waals surface area contributed by atoms with Crippen LogP contribution < -0.4 is 15.5 Å². The van der Waals surface area contributed by atoms with Crippen molar-refractivity contribution < 1.29 is 13.9 Å². The van der Waals surface area contributed by atoms with Gasteiger partial charge in [0.15, 0.2) is 12.2 Å². The number of benzene rings is 2. The zero-order valence-electron chi connectivity index (χ0n) is 20.1. The summed E-state index contributed by atoms with van der Waals surface area (Å²) in [6.45, 7) is 2.31. The summed E-state index contributed by atoms with van der Waals surface area (Å²) in [4.78, 5) is 18.9. The number of nitrogens with zero attached hydrogens (tertiary/aromatic N) is 2. The van der Waals surface area contributed by atoms with Crippen LogP contribution in [0.5, 0.6) is 0 Å². The lowest BCUT2D eigenvalue weighted by Gasteiger charge is -2.40. The van der Waals surface area contributed by atoms with Gasteiger partial charge in [0.2, 0.25) is 0 Å². The van der Waals surface area contributed by atoms with E-state index in [1.165, 1.54) is 18.5 Å². The molecule has 0 bridgehead atoms. The van der Waals surface area contributed by atoms with E-state index in [9.17, 15) is 4.79 Å². The number of hydrogen-bond acceptors (Lipinski definition) is 6. The summed E-state index contributed by atoms with van der Waals surface area (Å²) in [5.41, 5.74) is 3.26. The fourth-order valence-electron chi connectivity index (χ4n) is 5.26. The summed E-state index contributed by atoms with van der Waals surface area (Å²) in [6.07, 6.45) is 9.54. The van der Waals surface area contributed by atoms with Crippen molar-refractivity contribution in [3.05, 3.63) is 72.8 Å². The van der Waals surface area contributed by atoms with Crippen LogP contribution in [-0.2, 0) is 11.3 Å². The molecule has 7 nitrogen and oxygen atoms in total. The van der Waals surface area contributed by atoms with Crippen LogP contribution >= 0.6 is 0 Å². The van der Waals surface area contributed by atoms with Crippen molar-refractivity contribution >= 4 is 11.8 Å². The Kier molecular flexibility index (Phi) is 7.63. The molecule has 2 aromatic carbocycles. The molecule has 1 aliphatic heterocycles. The summed E-state index contributed by atoms with van der Waals surface area (Å²) in [6, 6.07) is 19.1. The SMILES string of the molecule is O=C(NC1CCCCC1NC1CCCN(c2ccc(-c3cnco3)cc2)C1)OCc1ccccc1. The van der Waals surface area contributed by atoms with E-state index in [4.69, 9.17) is 9.15 Å². The van der Waals surface area contributed by atoms with Crippen molar-refractivity contribution in [1.29, 1.82) is 0 Å². The number of aromatic nitrogens is 1. The molecular weight excluding hydrogens is 440 g/mol. The maximum absolute atomic E-state index is 12.5. The fraction of sp³-hybridized carbons (Fsp3) is 0.429. The first-order valence-corrected chi connectivity index (χ1v) is 12.7. The highest BCUT2D eigenvalue weighted by Gasteiger charge is 2.30. The zero-order valence-corrected chi connectivity index (χ0v) is 20.1. The van der Waals surface area contributed by atoms with Crippen LogP contribution in [0.3, 0.4) is 0 Å². The van der Waals surface area contributed by atoms with Crippen LogP contribution in [0.4, 0.5) is 10.5 Å². The van der Waals surface area contributed by atoms with E-state index >= 15 is 0 Å². The number of alkyl carbamates (subject to hydrolysis) is 1. The van der Waals surface area contributed by atoms with Gasteiger partial charge in [-0.3, -0.25) is 0 Å². The highest BCUT2D eigenvalue weighted by atomic mass is 16.5. The average molecular weight is 475 g/mol. The second-order valence-electron chi connectivity index (χ2n) is 9.57. The standard InChI is InChI=1S/C28H34N4O3/c33-28(34-19-21-7-2-1-3-8-21)31-26-11-5-4-10-25(26)30-23-9-6-16-32(18-23)24-14-12-22(13-15-24)27-17-29-20-35-27/h1-3,7-8,12-15,17,20,23,25-26,30H,4-6,9-11,16,18-19H2,(H,31,33). The van der Waals surface area contributed by atoms with Crippen molar-refractivity contribution in [2.24, 2.45) is 0 Å². The minimum Gasteiger partial charge on any atom is -0.445 e. The van der Waals surface area contributed by atoms with Crippen molar-refractivity contribution in [3.63, 3.8) is 0 Å². The summed E-state index contributed by atoms with van der Waals surface area (Å²) in [5, 5.41) is 7.03. The van der Waals surface area contributed by atoms with E-state index in [0.29, 0.717) is 12.6 Å². The molecule has 3 atom stereocenters. The van der Waals surface area contributed by atoms with Crippen LogP contribution in [0.2, 0.25) is 0 Å². The third kappa shape index (κ3) is 6.22. The predicted molar refractivity (Wildman–Crippen MR) is 136 cm³/mol. The van der Waals surface area contributed by atoms with Crippen molar-refractivity contribution in [2.45, 2.75) is 63.3 Å². The van der Waals surface area contributed by atoms with Crippen molar-refractivity contribution in [1.82, 2.24) is 15.6 Å². The van der Waals surface area contributed by atoms with Gasteiger partial charge in [0.05, 0.1) is 6.20 Å². The summed E-state index contributed by atoms with van der Waals surface area (Å²) in [5.74, 6) is 0.785. The number of hydrogen-bond donors (Lipinski definition) is 2. The highest BCUT2D eigenvalue weighted by Crippen LogP contribution is 2.26. The number of carbonyl (C=O) groups is 1. The number of nitrogens with one attached hydrogen (secondary N) is 2. The van der Waals surface area contributed by atoms with Gasteiger partial charge in [-0.1, -0.05) is 43.2 Å². The molecule has 7 heteroatoms. The van der Waals surface area contributed by atoms with Gasteiger partial charge in [-0.2, -0.15) is 0 Å². The van der Waals surface area contributed by atoms with Crippen LogP contribution in [0.15, 0.2) is 71.6 Å². The first-order chi connectivity index (χ1) is 17.2. The van der Waals surface area contributed by atoms with Crippen LogP contribution in [0, 0.1) is 0 Å². The smallest absolute Gasteiger partial charge is 0.407 e. The Morgan fingerprint density at radius 1 is 1.00 bits per heavy atom. The van der Waals surface area contributed by atoms with Gasteiger partial charge < -0.3 is 24.7 Å². The maximum atomic E-state index is 12.5. The van der Waals surface area contributed by atoms with Crippen LogP contribution in [0.1, 0.15) is 44.1 Å². The Balaban J connectivity index is 1.14. The number of ether oxygens (including phenoxy) is 1. The lowest BCUT2D eigenvalue weighted by Crippen LogP contribution is -2.57. The van der Waals surface area contributed by atoms with Gasteiger partial charge in [0.1, 0.15) is 6.61 Å². The number of anilines is 1. The van der Waals surface area contributed by atoms with Gasteiger partial charge >= 0.3 is 6.09 Å². The Morgan fingerprint density at radius 2 is 1.80 bits per heavy atom. The number of carbonyl (C=O) groups excluding carboxylic acids is 1. The molecule has 0 spiro atoms. The number of rotatable bonds is 7. The van der Waals surface area contributed by atoms with E-state index in [1.54, 1.807) is 6.20 Å². The Bertz CT molecular complexity index is 1060. The van der Waals surface area contributed by atoms with Crippen molar-refractivity contribution in [2.75, 3.05) is 18.0 Å². The predicted octanol–water partition coefficient (Wildman–Crippen LogP) is 5.14. The molecule has 2 fully saturated rings. The molecule has 5 rings (SSSR count). The molecule has 35 heavy (non-hydrogen) atoms. The van der Waals surface area contributed by atoms with Crippen LogP contribution in [0.25, 0.3) is 11.3 Å². The van der Waals surface area contributed by atoms with E-state index in [2.05, 4.69) is 44.8 Å². The van der Waals surface area contributed by atoms with E-state index < -0.39 is 0 Å². The van der Waals surface area contributed by atoms with Crippen LogP contribution in [-0.4, -0.2) is 42.3 Å². The lowest BCUT2D eigenvalue weighted by atomic mass is 9.89. The molecule has 184 valence electrons. The number of piperidine rings is 1. The zero-order chi connectivity index (χ0) is 23.9. The average Bonchev–Trinajstić information content (AvgIpc) is 3.45. The molecule has 2 aliphatic rings. The third-order valence-corrected chi connectivity index (χ3v) is 7.10. The molecule has 3 unspecified atom stereocenters. The van der Waals surface area contributed by atoms with Gasteiger partial charge in [0, 0.05) is 42.5 Å². The molecule has 1 saturated heterocycles. The quantitative estimate of drug-likeness (QED) is 0.494. The Labute approximate surface area is 206 Å². The normalized spacial score (nSPS) is 22.5. The summed E-state index contributed by atoms with van der Waals surface area (Å²) < 4.78 is 10.9. The lowest BCUT2D eigenvalue weighted by molar-refractivity contribution is 0.128. The second kappa shape index (κ2) is 11.4. The number of oxazole rings is 1. The van der Waals surface area contributed by atoms with E-state index in [0.717, 1.165) is 62.1 Å². The number of amides is 1. The second-order valence-corrected chi connectivity index (χ2v) is 9.57. The Hall–Kier alpha value is -3.32. The fourth-order valence-corrected chi connectivity index (χ4v) is 5.26. The van der Waals surface area contributed by atoms with Crippen molar-refractivity contribution in [3.8, 4) is 11.3 Å². The Morgan fingerprint density at radius 3 is 2.57 bits per heavy atom. The molecule has 2 N–H and O–H groups in total. The minimum absolute atomic E-state index is 0.101. The molecule has 1 saturated carbocycles. The van der Waals surface area contributed by atoms with Gasteiger partial charge in [-0.15, -0.1) is 0 Å². The van der Waals surface area contributed by atoms with E-state index in [1.807, 2.05) is 30.3 Å². The molecule has 2 heterocycles. The monoisotopic (exact) mass is 474 g/mol. The van der Waals surface area contributed by atoms with Gasteiger partial charge in [-0.25, -0.2) is 9.78 Å². The van der Waals surface area contributed by atoms with E-state index in [-0.39, 0.29) is 18.2 Å². The third-order valence-electron chi connectivity index (χ3n) is 7.10. The first-order valence-electron chi connectivity index (χ1n) is 12.7. The molecule has 1 aromatic heterocycles. The minimum atomic E-state index is -0.329. The molecule has 0 radical (unpaired) electrons. The van der Waals surface area contributed by atoms with Gasteiger partial charge in [-0.05, 0) is 55.5 Å². The largest absolute Gasteiger partial charge is 0.445 e. The summed E-state index contributed by atoms with van der Waals surface area (Å²) >= 11 is 0. The summed E-state index contributed by atoms with van der Waals surface area (Å²) in [7, 11) is 0. The highest BCUT2D eigenvalue weighted by molar-refractivity contribution is 5.67. The maximum Gasteiger partial charge on any atom is 0.407 e. The molecule has 1 aliphatic carbocycles. The molecule has 1 amide bonds.